The molecule has 1 saturated heterocycles. The van der Waals surface area contributed by atoms with Crippen molar-refractivity contribution >= 4 is 5.95 Å². The fourth-order valence-electron chi connectivity index (χ4n) is 3.21. The van der Waals surface area contributed by atoms with Crippen LogP contribution in [0.5, 0.6) is 0 Å². The highest BCUT2D eigenvalue weighted by Gasteiger charge is 2.32. The van der Waals surface area contributed by atoms with Crippen LogP contribution in [0.1, 0.15) is 29.3 Å². The Labute approximate surface area is 133 Å². The van der Waals surface area contributed by atoms with Crippen molar-refractivity contribution in [3.05, 3.63) is 45.6 Å². The lowest BCUT2D eigenvalue weighted by Gasteiger charge is -2.20. The van der Waals surface area contributed by atoms with Crippen LogP contribution in [0.2, 0.25) is 0 Å². The standard InChI is InChI=1S/C16H19N5O2/c1-10-6-17-16(18-7-10)19-13-8-23-9-14(13)21-15(22)5-11-3-2-4-12(11)20-21/h5-7,13-14H,2-4,8-9H2,1H3,(H,17,18,19). The summed E-state index contributed by atoms with van der Waals surface area (Å²) in [6.07, 6.45) is 6.51. The first-order valence-corrected chi connectivity index (χ1v) is 7.95. The zero-order chi connectivity index (χ0) is 15.8. The number of ether oxygens (including phenoxy) is 1. The second-order valence-corrected chi connectivity index (χ2v) is 6.19. The van der Waals surface area contributed by atoms with E-state index in [0.29, 0.717) is 19.2 Å². The molecule has 1 aliphatic heterocycles. The average Bonchev–Trinajstić information content (AvgIpc) is 3.17. The average molecular weight is 313 g/mol. The molecular weight excluding hydrogens is 294 g/mol. The molecule has 0 amide bonds. The largest absolute Gasteiger partial charge is 0.377 e. The van der Waals surface area contributed by atoms with Crippen LogP contribution in [0.15, 0.2) is 23.3 Å². The summed E-state index contributed by atoms with van der Waals surface area (Å²) >= 11 is 0. The van der Waals surface area contributed by atoms with Crippen LogP contribution in [0.25, 0.3) is 0 Å². The third-order valence-electron chi connectivity index (χ3n) is 4.44. The van der Waals surface area contributed by atoms with Gasteiger partial charge in [0.15, 0.2) is 0 Å². The van der Waals surface area contributed by atoms with Crippen LogP contribution < -0.4 is 10.9 Å². The van der Waals surface area contributed by atoms with Crippen molar-refractivity contribution in [2.45, 2.75) is 38.3 Å². The van der Waals surface area contributed by atoms with Gasteiger partial charge in [0, 0.05) is 18.5 Å². The normalized spacial score (nSPS) is 23.0. The fraction of sp³-hybridized carbons (Fsp3) is 0.500. The van der Waals surface area contributed by atoms with E-state index in [1.165, 1.54) is 0 Å². The Morgan fingerprint density at radius 3 is 2.91 bits per heavy atom. The van der Waals surface area contributed by atoms with Crippen molar-refractivity contribution < 1.29 is 4.74 Å². The van der Waals surface area contributed by atoms with E-state index in [-0.39, 0.29) is 17.6 Å². The fourth-order valence-corrected chi connectivity index (χ4v) is 3.21. The van der Waals surface area contributed by atoms with Gasteiger partial charge in [-0.1, -0.05) is 0 Å². The van der Waals surface area contributed by atoms with Gasteiger partial charge in [-0.15, -0.1) is 0 Å². The van der Waals surface area contributed by atoms with Gasteiger partial charge in [0.25, 0.3) is 5.56 Å². The number of hydrogen-bond acceptors (Lipinski definition) is 6. The van der Waals surface area contributed by atoms with Crippen molar-refractivity contribution in [3.8, 4) is 0 Å². The van der Waals surface area contributed by atoms with Gasteiger partial charge in [0.05, 0.1) is 24.9 Å². The first-order chi connectivity index (χ1) is 11.2. The molecule has 2 atom stereocenters. The quantitative estimate of drug-likeness (QED) is 0.906. The molecule has 0 bridgehead atoms. The van der Waals surface area contributed by atoms with Gasteiger partial charge >= 0.3 is 0 Å². The van der Waals surface area contributed by atoms with E-state index in [0.717, 1.165) is 36.1 Å². The van der Waals surface area contributed by atoms with Gasteiger partial charge in [-0.25, -0.2) is 14.6 Å². The van der Waals surface area contributed by atoms with Crippen LogP contribution >= 0.6 is 0 Å². The number of aryl methyl sites for hydroxylation is 3. The van der Waals surface area contributed by atoms with Crippen LogP contribution in [0, 0.1) is 6.92 Å². The van der Waals surface area contributed by atoms with Gasteiger partial charge in [-0.05, 0) is 37.3 Å². The number of nitrogens with zero attached hydrogens (tertiary/aromatic N) is 4. The molecule has 2 aliphatic rings. The maximum absolute atomic E-state index is 12.4. The summed E-state index contributed by atoms with van der Waals surface area (Å²) in [5, 5.41) is 7.85. The third kappa shape index (κ3) is 2.72. The molecule has 23 heavy (non-hydrogen) atoms. The molecule has 0 spiro atoms. The molecule has 0 aromatic carbocycles. The second-order valence-electron chi connectivity index (χ2n) is 6.19. The van der Waals surface area contributed by atoms with Crippen LogP contribution in [-0.2, 0) is 17.6 Å². The van der Waals surface area contributed by atoms with Crippen molar-refractivity contribution in [2.24, 2.45) is 0 Å². The zero-order valence-electron chi connectivity index (χ0n) is 13.0. The molecular formula is C16H19N5O2. The van der Waals surface area contributed by atoms with E-state index < -0.39 is 0 Å². The molecule has 3 heterocycles. The molecule has 120 valence electrons. The molecule has 4 rings (SSSR count). The van der Waals surface area contributed by atoms with Crippen molar-refractivity contribution in [3.63, 3.8) is 0 Å². The van der Waals surface area contributed by atoms with Crippen molar-refractivity contribution in [1.29, 1.82) is 0 Å². The molecule has 1 fully saturated rings. The van der Waals surface area contributed by atoms with Gasteiger partial charge < -0.3 is 10.1 Å². The molecule has 7 heteroatoms. The van der Waals surface area contributed by atoms with Gasteiger partial charge in [-0.3, -0.25) is 4.79 Å². The third-order valence-corrected chi connectivity index (χ3v) is 4.44. The van der Waals surface area contributed by atoms with Crippen LogP contribution in [-0.4, -0.2) is 39.0 Å². The number of anilines is 1. The smallest absolute Gasteiger partial charge is 0.267 e. The Hall–Kier alpha value is -2.28. The lowest BCUT2D eigenvalue weighted by atomic mass is 10.1. The Balaban J connectivity index is 1.60. The van der Waals surface area contributed by atoms with Crippen LogP contribution in [0.4, 0.5) is 5.95 Å². The van der Waals surface area contributed by atoms with Crippen molar-refractivity contribution in [1.82, 2.24) is 19.7 Å². The molecule has 1 N–H and O–H groups in total. The summed E-state index contributed by atoms with van der Waals surface area (Å²) in [7, 11) is 0. The van der Waals surface area contributed by atoms with E-state index in [1.54, 1.807) is 23.1 Å². The van der Waals surface area contributed by atoms with Crippen molar-refractivity contribution in [2.75, 3.05) is 18.5 Å². The second kappa shape index (κ2) is 5.73. The van der Waals surface area contributed by atoms with E-state index in [4.69, 9.17) is 4.74 Å². The van der Waals surface area contributed by atoms with E-state index in [9.17, 15) is 4.79 Å². The molecule has 2 aromatic rings. The van der Waals surface area contributed by atoms with Crippen LogP contribution in [0.3, 0.4) is 0 Å². The lowest BCUT2D eigenvalue weighted by Crippen LogP contribution is -2.38. The van der Waals surface area contributed by atoms with Gasteiger partial charge in [-0.2, -0.15) is 5.10 Å². The minimum absolute atomic E-state index is 0.0576. The SMILES string of the molecule is Cc1cnc(NC2COCC2n2nc3c(cc2=O)CCC3)nc1. The Bertz CT molecular complexity index is 771. The first-order valence-electron chi connectivity index (χ1n) is 7.95. The molecule has 7 nitrogen and oxygen atoms in total. The highest BCUT2D eigenvalue weighted by atomic mass is 16.5. The molecule has 1 aliphatic carbocycles. The predicted octanol–water partition coefficient (Wildman–Crippen LogP) is 0.882. The number of nitrogens with one attached hydrogen (secondary N) is 1. The summed E-state index contributed by atoms with van der Waals surface area (Å²) < 4.78 is 7.15. The van der Waals surface area contributed by atoms with Gasteiger partial charge in [0.1, 0.15) is 6.04 Å². The van der Waals surface area contributed by atoms with E-state index in [1.807, 2.05) is 6.92 Å². The highest BCUT2D eigenvalue weighted by molar-refractivity contribution is 5.28. The van der Waals surface area contributed by atoms with Gasteiger partial charge in [0.2, 0.25) is 5.95 Å². The Morgan fingerprint density at radius 2 is 2.09 bits per heavy atom. The summed E-state index contributed by atoms with van der Waals surface area (Å²) in [6.45, 7) is 2.92. The minimum Gasteiger partial charge on any atom is -0.377 e. The highest BCUT2D eigenvalue weighted by Crippen LogP contribution is 2.23. The Kier molecular flexibility index (Phi) is 3.57. The Morgan fingerprint density at radius 1 is 1.26 bits per heavy atom. The molecule has 2 aromatic heterocycles. The summed E-state index contributed by atoms with van der Waals surface area (Å²) in [6, 6.07) is 1.52. The lowest BCUT2D eigenvalue weighted by molar-refractivity contribution is 0.182. The zero-order valence-corrected chi connectivity index (χ0v) is 13.0. The number of fused-ring (bicyclic) bond motifs is 1. The molecule has 0 saturated carbocycles. The summed E-state index contributed by atoms with van der Waals surface area (Å²) in [4.78, 5) is 20.9. The number of rotatable bonds is 3. The monoisotopic (exact) mass is 313 g/mol. The topological polar surface area (TPSA) is 81.9 Å². The molecule has 0 radical (unpaired) electrons. The number of aromatic nitrogens is 4. The summed E-state index contributed by atoms with van der Waals surface area (Å²) in [5.74, 6) is 0.547. The summed E-state index contributed by atoms with van der Waals surface area (Å²) in [5.41, 5.74) is 3.09. The van der Waals surface area contributed by atoms with E-state index >= 15 is 0 Å². The minimum atomic E-state index is -0.140. The number of hydrogen-bond donors (Lipinski definition) is 1. The first kappa shape index (κ1) is 14.3. The van der Waals surface area contributed by atoms with E-state index in [2.05, 4.69) is 20.4 Å². The maximum Gasteiger partial charge on any atom is 0.267 e. The predicted molar refractivity (Wildman–Crippen MR) is 84.6 cm³/mol. The maximum atomic E-state index is 12.4. The molecule has 2 unspecified atom stereocenters.